The molecule has 0 unspecified atom stereocenters. The molecule has 0 aromatic rings. The smallest absolute Gasteiger partial charge is 0.219 e. The van der Waals surface area contributed by atoms with E-state index in [4.69, 9.17) is 28.4 Å². The molecule has 280 valence electrons. The van der Waals surface area contributed by atoms with Crippen molar-refractivity contribution in [3.05, 3.63) is 0 Å². The monoisotopic (exact) mass is 701 g/mol. The number of hydrogen-bond acceptors (Lipinski definition) is 18. The Bertz CT molecular complexity index is 974. The Morgan fingerprint density at radius 3 is 1.73 bits per heavy atom. The summed E-state index contributed by atoms with van der Waals surface area (Å²) in [4.78, 5) is 23.8. The Hall–Kier alpha value is -1.50. The van der Waals surface area contributed by atoms with Crippen molar-refractivity contribution >= 4 is 11.7 Å². The molecule has 3 heterocycles. The first-order valence-corrected chi connectivity index (χ1v) is 16.1. The number of ketones is 1. The molecule has 11 N–H and O–H groups in total. The first-order chi connectivity index (χ1) is 22.8. The van der Waals surface area contributed by atoms with Crippen LogP contribution in [-0.4, -0.2) is 188 Å². The fourth-order valence-corrected chi connectivity index (χ4v) is 5.56. The summed E-state index contributed by atoms with van der Waals surface area (Å²) in [6, 6.07) is 0. The maximum absolute atomic E-state index is 12.3. The van der Waals surface area contributed by atoms with E-state index < -0.39 is 112 Å². The Balaban J connectivity index is 1.63. The van der Waals surface area contributed by atoms with E-state index in [-0.39, 0.29) is 37.6 Å². The van der Waals surface area contributed by atoms with Gasteiger partial charge in [-0.05, 0) is 26.2 Å². The maximum atomic E-state index is 12.3. The molecule has 0 saturated carbocycles. The topological polar surface area (TPSA) is 304 Å². The van der Waals surface area contributed by atoms with Gasteiger partial charge >= 0.3 is 0 Å². The lowest BCUT2D eigenvalue weighted by Crippen LogP contribution is -2.65. The predicted octanol–water partition coefficient (Wildman–Crippen LogP) is -5.50. The van der Waals surface area contributed by atoms with Gasteiger partial charge in [0.15, 0.2) is 18.9 Å². The minimum atomic E-state index is -1.87. The molecule has 0 aliphatic carbocycles. The number of aliphatic hydroxyl groups excluding tert-OH is 10. The number of hydrogen-bond donors (Lipinski definition) is 11. The highest BCUT2D eigenvalue weighted by molar-refractivity contribution is 5.78. The van der Waals surface area contributed by atoms with E-state index in [1.54, 1.807) is 0 Å². The molecule has 48 heavy (non-hydrogen) atoms. The molecule has 3 fully saturated rings. The molecule has 0 aromatic carbocycles. The molecule has 3 aliphatic rings. The van der Waals surface area contributed by atoms with Gasteiger partial charge in [-0.1, -0.05) is 0 Å². The molecule has 19 heteroatoms. The minimum absolute atomic E-state index is 0.0651. The molecule has 1 amide bonds. The fourth-order valence-electron chi connectivity index (χ4n) is 5.56. The lowest BCUT2D eigenvalue weighted by molar-refractivity contribution is -0.366. The summed E-state index contributed by atoms with van der Waals surface area (Å²) >= 11 is 0. The fraction of sp³-hybridized carbons (Fsp3) is 0.931. The number of carbonyl (C=O) groups excluding carboxylic acids is 2. The summed E-state index contributed by atoms with van der Waals surface area (Å²) < 4.78 is 33.2. The van der Waals surface area contributed by atoms with E-state index in [0.29, 0.717) is 25.8 Å². The van der Waals surface area contributed by atoms with Gasteiger partial charge in [0, 0.05) is 25.8 Å². The molecule has 3 saturated heterocycles. The first kappa shape index (κ1) is 40.9. The van der Waals surface area contributed by atoms with Crippen LogP contribution in [0.25, 0.3) is 0 Å². The normalized spacial score (nSPS) is 40.4. The van der Waals surface area contributed by atoms with Gasteiger partial charge in [-0.15, -0.1) is 0 Å². The van der Waals surface area contributed by atoms with Crippen LogP contribution >= 0.6 is 0 Å². The second-order valence-electron chi connectivity index (χ2n) is 12.0. The van der Waals surface area contributed by atoms with Gasteiger partial charge in [-0.2, -0.15) is 0 Å². The van der Waals surface area contributed by atoms with Crippen LogP contribution in [-0.2, 0) is 38.0 Å². The third-order valence-corrected chi connectivity index (χ3v) is 8.42. The van der Waals surface area contributed by atoms with Gasteiger partial charge in [0.2, 0.25) is 5.91 Å². The molecule has 3 aliphatic heterocycles. The van der Waals surface area contributed by atoms with E-state index in [1.807, 2.05) is 6.92 Å². The van der Waals surface area contributed by atoms with Gasteiger partial charge in [0.05, 0.1) is 26.4 Å². The lowest BCUT2D eigenvalue weighted by Gasteiger charge is -2.46. The van der Waals surface area contributed by atoms with Crippen LogP contribution in [0.2, 0.25) is 0 Å². The highest BCUT2D eigenvalue weighted by Crippen LogP contribution is 2.31. The Morgan fingerprint density at radius 1 is 0.604 bits per heavy atom. The van der Waals surface area contributed by atoms with Crippen LogP contribution in [0.15, 0.2) is 0 Å². The predicted molar refractivity (Wildman–Crippen MR) is 156 cm³/mol. The van der Waals surface area contributed by atoms with Crippen molar-refractivity contribution in [2.45, 2.75) is 138 Å². The standard InChI is InChI=1S/C29H51NO18/c1-2-30-17(34)8-4-3-6-13(33)7-5-9-43-28-25(42)26(48-29-24(41)22(39)19(36)15(11-32)46-29)20(37)16(47-28)12-44-27-23(40)21(38)18(35)14(10-31)45-27/h14-16,18-29,31-32,35-42H,2-12H2,1H3,(H,30,34)/t14-,15-,16-,18-,19-,20-,21+,22+,23-,24+,25-,26+,27+,28-,29-/m1/s1. The zero-order valence-electron chi connectivity index (χ0n) is 26.7. The summed E-state index contributed by atoms with van der Waals surface area (Å²) in [7, 11) is 0. The number of rotatable bonds is 18. The van der Waals surface area contributed by atoms with Crippen LogP contribution in [0, 0.1) is 0 Å². The van der Waals surface area contributed by atoms with Gasteiger partial charge in [0.1, 0.15) is 79.0 Å². The summed E-state index contributed by atoms with van der Waals surface area (Å²) in [6.45, 7) is 0.160. The van der Waals surface area contributed by atoms with Gasteiger partial charge in [-0.25, -0.2) is 0 Å². The molecule has 0 bridgehead atoms. The summed E-state index contributed by atoms with van der Waals surface area (Å²) in [5, 5.41) is 105. The van der Waals surface area contributed by atoms with Crippen molar-refractivity contribution in [1.82, 2.24) is 5.32 Å². The summed E-state index contributed by atoms with van der Waals surface area (Å²) in [5.74, 6) is -0.148. The van der Waals surface area contributed by atoms with Crippen molar-refractivity contribution in [3.8, 4) is 0 Å². The third-order valence-electron chi connectivity index (χ3n) is 8.42. The molecular weight excluding hydrogens is 650 g/mol. The van der Waals surface area contributed by atoms with Gasteiger partial charge in [0.25, 0.3) is 0 Å². The van der Waals surface area contributed by atoms with Gasteiger partial charge < -0.3 is 84.8 Å². The number of aliphatic hydroxyl groups is 10. The van der Waals surface area contributed by atoms with Crippen molar-refractivity contribution in [2.24, 2.45) is 0 Å². The first-order valence-electron chi connectivity index (χ1n) is 16.1. The van der Waals surface area contributed by atoms with Crippen LogP contribution in [0.5, 0.6) is 0 Å². The Labute approximate surface area is 276 Å². The third kappa shape index (κ3) is 10.8. The molecule has 0 radical (unpaired) electrons. The van der Waals surface area contributed by atoms with E-state index >= 15 is 0 Å². The van der Waals surface area contributed by atoms with Crippen molar-refractivity contribution in [2.75, 3.05) is 33.0 Å². The van der Waals surface area contributed by atoms with Crippen molar-refractivity contribution < 1.29 is 89.1 Å². The van der Waals surface area contributed by atoms with E-state index in [1.165, 1.54) is 0 Å². The molecule has 0 spiro atoms. The molecule has 3 rings (SSSR count). The number of amides is 1. The lowest BCUT2D eigenvalue weighted by atomic mass is 9.96. The Morgan fingerprint density at radius 2 is 1.12 bits per heavy atom. The summed E-state index contributed by atoms with van der Waals surface area (Å²) in [6.07, 6.45) is -22.7. The van der Waals surface area contributed by atoms with Crippen molar-refractivity contribution in [3.63, 3.8) is 0 Å². The van der Waals surface area contributed by atoms with Crippen LogP contribution in [0.1, 0.15) is 45.4 Å². The number of carbonyl (C=O) groups is 2. The number of nitrogens with one attached hydrogen (secondary N) is 1. The zero-order chi connectivity index (χ0) is 35.5. The molecule has 19 nitrogen and oxygen atoms in total. The second-order valence-corrected chi connectivity index (χ2v) is 12.0. The minimum Gasteiger partial charge on any atom is -0.394 e. The molecular formula is C29H51NO18. The highest BCUT2D eigenvalue weighted by atomic mass is 16.7. The summed E-state index contributed by atoms with van der Waals surface area (Å²) in [5.41, 5.74) is 0. The van der Waals surface area contributed by atoms with Gasteiger partial charge in [-0.3, -0.25) is 9.59 Å². The highest BCUT2D eigenvalue weighted by Gasteiger charge is 2.52. The van der Waals surface area contributed by atoms with E-state index in [9.17, 15) is 60.7 Å². The maximum Gasteiger partial charge on any atom is 0.219 e. The molecule has 15 atom stereocenters. The zero-order valence-corrected chi connectivity index (χ0v) is 26.7. The number of Topliss-reactive ketones (excluding diaryl/α,β-unsaturated/α-hetero) is 1. The van der Waals surface area contributed by atoms with E-state index in [2.05, 4.69) is 5.32 Å². The quantitative estimate of drug-likeness (QED) is 0.0594. The van der Waals surface area contributed by atoms with Crippen LogP contribution in [0.4, 0.5) is 0 Å². The Kier molecular flexibility index (Phi) is 16.9. The SMILES string of the molecule is CCNC(=O)CCCCC(=O)CCCO[C@@H]1O[C@H](CO[C@H]2O[C@H](CO)[C@@H](O)[C@H](O)[C@H]2O)[C@@H](O)[C@H](O[C@H]2O[C@H](CO)[C@@H](O)[C@H](O)[C@@H]2O)[C@H]1O. The number of unbranched alkanes of at least 4 members (excludes halogenated alkanes) is 1. The van der Waals surface area contributed by atoms with E-state index in [0.717, 1.165) is 0 Å². The van der Waals surface area contributed by atoms with Crippen LogP contribution < -0.4 is 5.32 Å². The van der Waals surface area contributed by atoms with Crippen LogP contribution in [0.3, 0.4) is 0 Å². The average Bonchev–Trinajstić information content (AvgIpc) is 3.07. The molecule has 0 aromatic heterocycles. The van der Waals surface area contributed by atoms with Crippen molar-refractivity contribution in [1.29, 1.82) is 0 Å². The second kappa shape index (κ2) is 19.8. The largest absolute Gasteiger partial charge is 0.394 e. The average molecular weight is 702 g/mol. The number of ether oxygens (including phenoxy) is 6.